The highest BCUT2D eigenvalue weighted by Crippen LogP contribution is 2.47. The second-order valence-corrected chi connectivity index (χ2v) is 18.0. The number of aromatic amines is 1. The zero-order valence-corrected chi connectivity index (χ0v) is 36.6. The van der Waals surface area contributed by atoms with E-state index in [0.29, 0.717) is 36.9 Å². The Morgan fingerprint density at radius 2 is 1.67 bits per heavy atom. The second-order valence-electron chi connectivity index (χ2n) is 18.0. The first kappa shape index (κ1) is 41.3. The number of rotatable bonds is 9. The van der Waals surface area contributed by atoms with Crippen LogP contribution in [0.1, 0.15) is 87.0 Å². The van der Waals surface area contributed by atoms with Crippen LogP contribution in [0.25, 0.3) is 33.2 Å². The molecule has 4 aromatic carbocycles. The summed E-state index contributed by atoms with van der Waals surface area (Å²) >= 11 is 0. The van der Waals surface area contributed by atoms with E-state index in [1.807, 2.05) is 50.2 Å². The van der Waals surface area contributed by atoms with E-state index < -0.39 is 24.3 Å². The maximum absolute atomic E-state index is 14.3. The molecule has 14 nitrogen and oxygen atoms in total. The zero-order valence-electron chi connectivity index (χ0n) is 36.6. The highest BCUT2D eigenvalue weighted by molar-refractivity contribution is 6.06. The molecule has 5 aromatic rings. The number of hydrogen-bond donors (Lipinski definition) is 3. The van der Waals surface area contributed by atoms with Gasteiger partial charge in [-0.15, -0.1) is 0 Å². The highest BCUT2D eigenvalue weighted by Gasteiger charge is 2.50. The van der Waals surface area contributed by atoms with Gasteiger partial charge in [-0.2, -0.15) is 0 Å². The number of carbonyl (C=O) groups excluding carboxylic acids is 4. The average molecular weight is 864 g/mol. The van der Waals surface area contributed by atoms with Gasteiger partial charge in [0.05, 0.1) is 43.9 Å². The van der Waals surface area contributed by atoms with Crippen LogP contribution in [0.5, 0.6) is 5.75 Å². The number of H-pyrrole nitrogens is 1. The number of benzene rings is 4. The van der Waals surface area contributed by atoms with Gasteiger partial charge in [0.25, 0.3) is 5.91 Å². The van der Waals surface area contributed by atoms with Crippen LogP contribution in [0.3, 0.4) is 0 Å². The molecule has 5 heterocycles. The normalized spacial score (nSPS) is 21.6. The van der Waals surface area contributed by atoms with Crippen LogP contribution in [0.2, 0.25) is 0 Å². The van der Waals surface area contributed by atoms with Gasteiger partial charge in [-0.25, -0.2) is 14.6 Å². The van der Waals surface area contributed by atoms with Crippen LogP contribution < -0.4 is 15.4 Å². The van der Waals surface area contributed by atoms with E-state index in [4.69, 9.17) is 24.2 Å². The number of hydrogen-bond acceptors (Lipinski definition) is 9. The quantitative estimate of drug-likeness (QED) is 0.133. The lowest BCUT2D eigenvalue weighted by molar-refractivity contribution is -0.136. The van der Waals surface area contributed by atoms with Crippen molar-refractivity contribution in [1.29, 1.82) is 0 Å². The Labute approximate surface area is 371 Å². The summed E-state index contributed by atoms with van der Waals surface area (Å²) < 4.78 is 16.2. The van der Waals surface area contributed by atoms with E-state index in [1.54, 1.807) is 11.1 Å². The molecule has 64 heavy (non-hydrogen) atoms. The number of methoxy groups -OCH3 is 2. The molecule has 4 amide bonds. The minimum absolute atomic E-state index is 0.0552. The van der Waals surface area contributed by atoms with Crippen molar-refractivity contribution in [2.45, 2.75) is 95.6 Å². The Morgan fingerprint density at radius 1 is 0.859 bits per heavy atom. The summed E-state index contributed by atoms with van der Waals surface area (Å²) in [5.74, 6) is 1.51. The van der Waals surface area contributed by atoms with Gasteiger partial charge >= 0.3 is 12.2 Å². The molecule has 0 spiro atoms. The van der Waals surface area contributed by atoms with Crippen molar-refractivity contribution in [2.24, 2.45) is 16.8 Å². The van der Waals surface area contributed by atoms with Crippen molar-refractivity contribution in [3.63, 3.8) is 0 Å². The molecule has 10 rings (SSSR count). The van der Waals surface area contributed by atoms with Crippen LogP contribution in [0.4, 0.5) is 15.3 Å². The van der Waals surface area contributed by atoms with Crippen molar-refractivity contribution in [2.75, 3.05) is 20.8 Å². The summed E-state index contributed by atoms with van der Waals surface area (Å²) in [6, 6.07) is 22.3. The lowest BCUT2D eigenvalue weighted by Gasteiger charge is -2.34. The van der Waals surface area contributed by atoms with Crippen molar-refractivity contribution >= 4 is 46.2 Å². The summed E-state index contributed by atoms with van der Waals surface area (Å²) in [5, 5.41) is 7.81. The monoisotopic (exact) mass is 863 g/mol. The molecule has 2 saturated heterocycles. The maximum Gasteiger partial charge on any atom is 0.407 e. The van der Waals surface area contributed by atoms with Crippen LogP contribution >= 0.6 is 0 Å². The number of aliphatic imine (C=N–C) groups is 1. The molecule has 3 N–H and O–H groups in total. The minimum atomic E-state index is -0.894. The molecule has 0 radical (unpaired) electrons. The first-order chi connectivity index (χ1) is 31.1. The largest absolute Gasteiger partial charge is 0.488 e. The Morgan fingerprint density at radius 3 is 2.47 bits per heavy atom. The van der Waals surface area contributed by atoms with Crippen LogP contribution in [0.15, 0.2) is 84.0 Å². The summed E-state index contributed by atoms with van der Waals surface area (Å²) in [4.78, 5) is 70.3. The molecule has 1 saturated carbocycles. The van der Waals surface area contributed by atoms with Crippen molar-refractivity contribution in [3.8, 4) is 28.1 Å². The highest BCUT2D eigenvalue weighted by atomic mass is 16.5. The molecule has 3 fully saturated rings. The summed E-state index contributed by atoms with van der Waals surface area (Å²) in [6.45, 7) is 4.86. The molecular formula is C50H53N7O7. The van der Waals surface area contributed by atoms with Gasteiger partial charge in [0.1, 0.15) is 30.3 Å². The van der Waals surface area contributed by atoms with Gasteiger partial charge in [0.15, 0.2) is 0 Å². The molecule has 14 heteroatoms. The van der Waals surface area contributed by atoms with E-state index in [9.17, 15) is 19.2 Å². The fraction of sp³-hybridized carbons (Fsp3) is 0.400. The number of nitrogens with zero attached hydrogens (tertiary/aromatic N) is 4. The average Bonchev–Trinajstić information content (AvgIpc) is 4.17. The standard InChI is InChI=1S/C50H53N7O7/c1-27(2)44(54-49(60)62-3)48(59)57-40-13-8-12-31(40)22-42(57)38-24-36-34-21-32-26-64-43-23-30(15-17-33(43)35(32)20-29(34)16-18-37(36)52-38)39-25-51-46(53-39)41-14-9-19-56(41)47(58)45(55-50(61)63-4)28-10-6-5-7-11-28/h5-7,10-11,15-18,20-21,23,25,27,31,40-42,44-45H,8-9,12-14,19,22,24,26H2,1-4H3,(H,51,53)(H,54,60)(H,55,61)/t31?,40-,41?,42-,44-,45+/m0/s1. The van der Waals surface area contributed by atoms with Gasteiger partial charge in [-0.3, -0.25) is 14.6 Å². The van der Waals surface area contributed by atoms with Crippen molar-refractivity contribution < 1.29 is 33.4 Å². The molecule has 2 unspecified atom stereocenters. The molecule has 4 aliphatic heterocycles. The predicted octanol–water partition coefficient (Wildman–Crippen LogP) is 8.33. The summed E-state index contributed by atoms with van der Waals surface area (Å²) in [6.07, 6.45) is 6.78. The fourth-order valence-corrected chi connectivity index (χ4v) is 10.9. The van der Waals surface area contributed by atoms with E-state index in [2.05, 4.69) is 56.9 Å². The number of imidazole rings is 1. The predicted molar refractivity (Wildman–Crippen MR) is 241 cm³/mol. The van der Waals surface area contributed by atoms with Gasteiger partial charge in [0.2, 0.25) is 5.91 Å². The number of likely N-dealkylation sites (tertiary alicyclic amines) is 2. The van der Waals surface area contributed by atoms with Crippen LogP contribution in [-0.4, -0.2) is 88.4 Å². The number of fused-ring (bicyclic) bond motifs is 7. The molecule has 330 valence electrons. The van der Waals surface area contributed by atoms with E-state index in [1.165, 1.54) is 19.8 Å². The van der Waals surface area contributed by atoms with E-state index in [-0.39, 0.29) is 35.9 Å². The first-order valence-corrected chi connectivity index (χ1v) is 22.4. The molecule has 5 aliphatic rings. The summed E-state index contributed by atoms with van der Waals surface area (Å²) in [7, 11) is 2.61. The van der Waals surface area contributed by atoms with Crippen LogP contribution in [0, 0.1) is 11.8 Å². The lowest BCUT2D eigenvalue weighted by Crippen LogP contribution is -2.56. The summed E-state index contributed by atoms with van der Waals surface area (Å²) in [5.41, 5.74) is 8.76. The number of carbonyl (C=O) groups is 4. The smallest absolute Gasteiger partial charge is 0.407 e. The van der Waals surface area contributed by atoms with Gasteiger partial charge in [-0.05, 0) is 107 Å². The Bertz CT molecular complexity index is 2700. The molecular weight excluding hydrogens is 811 g/mol. The van der Waals surface area contributed by atoms with Gasteiger partial charge in [-0.1, -0.05) is 62.7 Å². The number of aromatic nitrogens is 2. The lowest BCUT2D eigenvalue weighted by atomic mass is 9.90. The van der Waals surface area contributed by atoms with E-state index in [0.717, 1.165) is 94.4 Å². The number of nitrogens with one attached hydrogen (secondary N) is 3. The SMILES string of the molecule is COC(=O)N[C@H](C(=O)N1[C@H](C2=Nc3ccc4cc5c(cc4c3C2)COc2cc(-c3cnc(C4CCCN4C(=O)[C@H](NC(=O)OC)c4ccccc4)[nH]3)ccc2-5)CC2CCC[C@@H]21)C(C)C. The topological polar surface area (TPSA) is 168 Å². The van der Waals surface area contributed by atoms with Gasteiger partial charge < -0.3 is 39.6 Å². The third kappa shape index (κ3) is 7.31. The second kappa shape index (κ2) is 16.8. The first-order valence-electron chi connectivity index (χ1n) is 22.4. The minimum Gasteiger partial charge on any atom is -0.488 e. The molecule has 6 atom stereocenters. The fourth-order valence-electron chi connectivity index (χ4n) is 10.9. The van der Waals surface area contributed by atoms with Gasteiger partial charge in [0, 0.05) is 35.8 Å². The van der Waals surface area contributed by atoms with Crippen LogP contribution in [-0.2, 0) is 32.1 Å². The van der Waals surface area contributed by atoms with E-state index >= 15 is 0 Å². The molecule has 1 aromatic heterocycles. The molecule has 1 aliphatic carbocycles. The number of amides is 4. The Kier molecular flexibility index (Phi) is 10.8. The third-order valence-corrected chi connectivity index (χ3v) is 14.1. The number of ether oxygens (including phenoxy) is 3. The molecule has 0 bridgehead atoms. The number of alkyl carbamates (subject to hydrolysis) is 2. The third-order valence-electron chi connectivity index (χ3n) is 14.1. The van der Waals surface area contributed by atoms with Crippen molar-refractivity contribution in [1.82, 2.24) is 30.4 Å². The zero-order chi connectivity index (χ0) is 44.2. The Hall–Kier alpha value is -6.70. The Balaban J connectivity index is 0.878. The maximum atomic E-state index is 14.3. The van der Waals surface area contributed by atoms with Crippen molar-refractivity contribution in [3.05, 3.63) is 102 Å².